The summed E-state index contributed by atoms with van der Waals surface area (Å²) in [5.74, 6) is -15.7. The van der Waals surface area contributed by atoms with E-state index in [1.165, 1.54) is 41.5 Å². The van der Waals surface area contributed by atoms with Gasteiger partial charge in [-0.25, -0.2) is 106 Å². The number of sulfonamides is 6. The van der Waals surface area contributed by atoms with Crippen LogP contribution in [0.15, 0.2) is 179 Å². The number of carbonyl (C=O) groups excluding carboxylic acids is 6. The lowest BCUT2D eigenvalue weighted by atomic mass is 9.99. The molecule has 30 nitrogen and oxygen atoms in total. The second-order valence-corrected chi connectivity index (χ2v) is 39.2. The fourth-order valence-electron chi connectivity index (χ4n) is 11.0. The van der Waals surface area contributed by atoms with Gasteiger partial charge in [0.15, 0.2) is 0 Å². The molecule has 0 spiro atoms. The number of rotatable bonds is 30. The van der Waals surface area contributed by atoms with E-state index in [-0.39, 0.29) is 70.9 Å². The summed E-state index contributed by atoms with van der Waals surface area (Å²) in [6.07, 6.45) is -23.3. The highest BCUT2D eigenvalue weighted by molar-refractivity contribution is 7.95. The summed E-state index contributed by atoms with van der Waals surface area (Å²) in [6, 6.07) is -20.3. The average molecular weight is 2210 g/mol. The highest BCUT2D eigenvalue weighted by Gasteiger charge is 2.42. The fourth-order valence-corrected chi connectivity index (χ4v) is 20.6. The largest absolute Gasteiger partial charge is 0.463 e. The van der Waals surface area contributed by atoms with E-state index in [0.29, 0.717) is 12.2 Å². The number of carbonyl (C=O) groups is 6. The molecular formula is C90H102Cl6F6N6O24S6. The number of hydrogen-bond donors (Lipinski definition) is 6. The van der Waals surface area contributed by atoms with E-state index in [9.17, 15) is 106 Å². The van der Waals surface area contributed by atoms with Crippen LogP contribution in [0.1, 0.15) is 210 Å². The Kier molecular flexibility index (Phi) is 27.1. The van der Waals surface area contributed by atoms with Crippen molar-refractivity contribution in [1.29, 1.82) is 0 Å². The van der Waals surface area contributed by atoms with Crippen LogP contribution in [-0.2, 0) is 117 Å². The molecule has 6 aliphatic rings. The number of hydrogen-bond acceptors (Lipinski definition) is 24. The molecule has 6 N–H and O–H groups in total. The van der Waals surface area contributed by atoms with Gasteiger partial charge in [0.25, 0.3) is 0 Å². The van der Waals surface area contributed by atoms with Gasteiger partial charge < -0.3 is 28.4 Å². The number of ether oxygens (including phenoxy) is 6. The summed E-state index contributed by atoms with van der Waals surface area (Å²) in [4.78, 5) is 73.5. The zero-order chi connectivity index (χ0) is 137. The van der Waals surface area contributed by atoms with Crippen molar-refractivity contribution in [2.24, 2.45) is 0 Å². The van der Waals surface area contributed by atoms with E-state index in [1.807, 2.05) is 14.2 Å². The van der Waals surface area contributed by atoms with Gasteiger partial charge in [0.05, 0.1) is 169 Å². The third kappa shape index (κ3) is 33.8. The maximum atomic E-state index is 13.8. The Morgan fingerprint density at radius 2 is 0.529 bits per heavy atom. The number of anilines is 6. The molecule has 0 heterocycles. The third-order valence-electron chi connectivity index (χ3n) is 17.0. The molecule has 6 aromatic carbocycles. The van der Waals surface area contributed by atoms with E-state index < -0.39 is 465 Å². The molecular weight excluding hydrogens is 2070 g/mol. The Labute approximate surface area is 882 Å². The molecule has 0 bridgehead atoms. The molecule has 138 heavy (non-hydrogen) atoms. The SMILES string of the molecule is [2H]C1=C(C(=O)OCC)[C@H](S(=O)(=O)Nc2c([2H])c([2H])c(F)c([2H])c2Cl)CCC1([2H])[2H].[2H]C1=C(C(=O)OCC)[C@]([2H])(S(=O)(=O)Nc2c([2H])c([2H])c(F)c([2H])c2Cl)CCC1([2H])[2H].[2H]c1c([2H])c(NS(=O)(=O)[C@@H]2CC([2H])([2H])C([2H])([2H])C=C2C(=O)OCC)c(Cl)c([2H])c1F.[2H]c1c([2H])c(NS(=O)(=O)[C@@H]2CC([2H])([2H])CC=C2C(=O)OCC)c(Cl)c([2H])c1F.[2H]c1c([2H])c(NS(=O)(=O)[C@]2([2H])CC([2H])([2H])C([2H])([2H])C=C2C(=O)OCC)c(Cl)c([2H])c1F.[2H]c1c([2H])c(NS(=O)(=O)[C@]2([2H])CC([2H])([2H])CC=C2C(=O)OCC)c(Cl)c([2H])c1F. The summed E-state index contributed by atoms with van der Waals surface area (Å²) in [7, 11) is -29.2. The number of benzene rings is 6. The first-order chi connectivity index (χ1) is 80.4. The fraction of sp³-hybridized carbons (Fsp3) is 0.400. The van der Waals surface area contributed by atoms with Crippen LogP contribution in [0.4, 0.5) is 60.5 Å². The monoisotopic (exact) mass is 2210 g/mol. The van der Waals surface area contributed by atoms with Crippen molar-refractivity contribution >= 4 is 200 Å². The maximum Gasteiger partial charge on any atom is 0.335 e. The Balaban J connectivity index is 0.000000284. The average Bonchev–Trinajstić information content (AvgIpc) is 0.713. The van der Waals surface area contributed by atoms with Gasteiger partial charge in [-0.05, 0) is 265 Å². The van der Waals surface area contributed by atoms with Gasteiger partial charge in [-0.15, -0.1) is 0 Å². The lowest BCUT2D eigenvalue weighted by molar-refractivity contribution is -0.139. The van der Waals surface area contributed by atoms with Crippen molar-refractivity contribution in [3.8, 4) is 0 Å². The molecule has 48 heteroatoms. The van der Waals surface area contributed by atoms with Gasteiger partial charge >= 0.3 is 35.8 Å². The van der Waals surface area contributed by atoms with Crippen LogP contribution in [-0.4, -0.2) is 157 Å². The molecule has 0 radical (unpaired) electrons. The quantitative estimate of drug-likeness (QED) is 0.0139. The van der Waals surface area contributed by atoms with Gasteiger partial charge in [0, 0.05) is 21.9 Å². The molecule has 6 aromatic rings. The first-order valence-electron chi connectivity index (χ1n) is 58.5. The number of halogens is 12. The second kappa shape index (κ2) is 53.9. The normalized spacial score (nSPS) is 26.9. The van der Waals surface area contributed by atoms with E-state index in [4.69, 9.17) is 151 Å². The summed E-state index contributed by atoms with van der Waals surface area (Å²) in [6.45, 7) is 7.76. The van der Waals surface area contributed by atoms with Crippen LogP contribution in [0.5, 0.6) is 0 Å². The van der Waals surface area contributed by atoms with Gasteiger partial charge in [0.2, 0.25) is 60.1 Å². The predicted molar refractivity (Wildman–Crippen MR) is 518 cm³/mol. The summed E-state index contributed by atoms with van der Waals surface area (Å²) >= 11 is 34.6. The Morgan fingerprint density at radius 1 is 0.304 bits per heavy atom. The van der Waals surface area contributed by atoms with Crippen molar-refractivity contribution in [2.45, 2.75) is 188 Å². The Bertz CT molecular complexity index is 8460. The molecule has 0 saturated carbocycles. The maximum absolute atomic E-state index is 13.8. The highest BCUT2D eigenvalue weighted by Crippen LogP contribution is 2.39. The van der Waals surface area contributed by atoms with Crippen molar-refractivity contribution in [3.63, 3.8) is 0 Å². The van der Waals surface area contributed by atoms with E-state index in [2.05, 4.69) is 0 Å². The van der Waals surface area contributed by atoms with Crippen molar-refractivity contribution < 1.29 is 187 Å². The van der Waals surface area contributed by atoms with E-state index in [1.54, 1.807) is 14.2 Å². The first kappa shape index (κ1) is 69.3. The van der Waals surface area contributed by atoms with Crippen LogP contribution in [0, 0.1) is 34.9 Å². The van der Waals surface area contributed by atoms with Crippen molar-refractivity contribution in [1.82, 2.24) is 0 Å². The van der Waals surface area contributed by atoms with E-state index >= 15 is 0 Å². The molecule has 6 atom stereocenters. The molecule has 756 valence electrons. The van der Waals surface area contributed by atoms with Gasteiger partial charge in [-0.1, -0.05) is 106 Å². The topological polar surface area (TPSA) is 435 Å². The van der Waals surface area contributed by atoms with Crippen LogP contribution < -0.4 is 28.3 Å². The third-order valence-corrected chi connectivity index (χ3v) is 28.2. The highest BCUT2D eigenvalue weighted by atomic mass is 35.5. The van der Waals surface area contributed by atoms with Crippen LogP contribution in [0.3, 0.4) is 0 Å². The smallest absolute Gasteiger partial charge is 0.335 e. The zero-order valence-corrected chi connectivity index (χ0v) is 81.1. The molecule has 12 rings (SSSR count). The van der Waals surface area contributed by atoms with Gasteiger partial charge in [0.1, 0.15) is 66.3 Å². The zero-order valence-electron chi connectivity index (χ0n) is 111. The Hall–Kier alpha value is -9.60. The molecule has 0 saturated heterocycles. The number of esters is 6. The summed E-state index contributed by atoms with van der Waals surface area (Å²) in [5.41, 5.74) is -9.07. The molecule has 0 unspecified atom stereocenters. The summed E-state index contributed by atoms with van der Waals surface area (Å²) < 4.78 is 581. The van der Waals surface area contributed by atoms with Crippen LogP contribution in [0.25, 0.3) is 0 Å². The van der Waals surface area contributed by atoms with E-state index in [0.717, 1.165) is 12.2 Å². The molecule has 0 aromatic heterocycles. The Morgan fingerprint density at radius 3 is 0.862 bits per heavy atom. The lowest BCUT2D eigenvalue weighted by Crippen LogP contribution is -2.34. The first-order valence-corrected chi connectivity index (χ1v) is 50.4. The van der Waals surface area contributed by atoms with Gasteiger partial charge in [-0.3, -0.25) is 28.3 Å². The molecule has 0 aliphatic heterocycles. The van der Waals surface area contributed by atoms with Crippen LogP contribution >= 0.6 is 69.6 Å². The molecule has 6 aliphatic carbocycles. The standard InChI is InChI=1S/6C15H17ClFNO4S/c6*1-2-22-15(19)11-5-3-4-6-14(11)23(20,21)18-13-8-7-10(17)9-12(13)16/h6*5,7-9,14,18H,2-4,6H2,1H3/t6*14-/m111111/s1/i3D2,5D,7D,8D,9D,14D;3D2,4D2,7D,8D,9D,14D;4D2,7D,8D,9D,14D;3D2,5D,7D,8D,9D;3D2,4D2,7D,8D,9D;4D2,7D,8D,9D. The molecule has 0 fully saturated rings. The number of allylic oxidation sites excluding steroid dienone is 6. The van der Waals surface area contributed by atoms with Gasteiger partial charge in [-0.2, -0.15) is 0 Å². The van der Waals surface area contributed by atoms with Crippen molar-refractivity contribution in [3.05, 3.63) is 244 Å². The molecule has 0 amide bonds. The second-order valence-electron chi connectivity index (χ2n) is 26.3. The lowest BCUT2D eigenvalue weighted by Gasteiger charge is -2.24. The number of nitrogens with one attached hydrogen (secondary N) is 6. The minimum Gasteiger partial charge on any atom is -0.463 e. The predicted octanol–water partition coefficient (Wildman–Crippen LogP) is 19.6. The minimum atomic E-state index is -5.21. The minimum absolute atomic E-state index is 0.0195. The summed E-state index contributed by atoms with van der Waals surface area (Å²) in [5, 5.41) is -19.0. The van der Waals surface area contributed by atoms with Crippen molar-refractivity contribution in [2.75, 3.05) is 68.0 Å². The van der Waals surface area contributed by atoms with Crippen LogP contribution in [0.2, 0.25) is 30.1 Å².